The largest absolute Gasteiger partial charge is 0.573 e. The van der Waals surface area contributed by atoms with Crippen molar-refractivity contribution in [2.24, 2.45) is 0 Å². The fourth-order valence-corrected chi connectivity index (χ4v) is 2.87. The molecule has 1 heterocycles. The van der Waals surface area contributed by atoms with E-state index < -0.39 is 6.36 Å². The molecule has 0 spiro atoms. The van der Waals surface area contributed by atoms with Crippen molar-refractivity contribution in [3.05, 3.63) is 65.5 Å². The fraction of sp³-hybridized carbons (Fsp3) is 0.222. The van der Waals surface area contributed by atoms with E-state index >= 15 is 0 Å². The van der Waals surface area contributed by atoms with Gasteiger partial charge < -0.3 is 13.9 Å². The molecule has 0 saturated carbocycles. The molecule has 0 amide bonds. The second-order valence-electron chi connectivity index (χ2n) is 5.55. The van der Waals surface area contributed by atoms with E-state index in [9.17, 15) is 13.2 Å². The molecule has 9 heteroatoms. The summed E-state index contributed by atoms with van der Waals surface area (Å²) >= 11 is 1.28. The number of aryl methyl sites for hydroxylation is 1. The Balaban J connectivity index is 1.49. The molecule has 3 aromatic rings. The van der Waals surface area contributed by atoms with E-state index in [1.807, 2.05) is 31.2 Å². The van der Waals surface area contributed by atoms with Crippen LogP contribution in [-0.4, -0.2) is 16.6 Å². The predicted octanol–water partition coefficient (Wildman–Crippen LogP) is 5.15. The number of aromatic nitrogens is 2. The van der Waals surface area contributed by atoms with E-state index in [2.05, 4.69) is 14.9 Å². The molecule has 0 atom stereocenters. The number of halogens is 3. The van der Waals surface area contributed by atoms with Gasteiger partial charge in [0, 0.05) is 5.75 Å². The summed E-state index contributed by atoms with van der Waals surface area (Å²) in [6.45, 7) is 2.12. The second-order valence-corrected chi connectivity index (χ2v) is 6.47. The molecule has 2 aromatic carbocycles. The van der Waals surface area contributed by atoms with Crippen molar-refractivity contribution in [1.29, 1.82) is 0 Å². The van der Waals surface area contributed by atoms with Crippen LogP contribution in [0.4, 0.5) is 13.2 Å². The molecular formula is C18H15F3N2O3S. The third kappa shape index (κ3) is 6.21. The standard InChI is InChI=1S/C18H15F3N2O3S/c1-12-3-2-4-15(9-12)24-10-16-22-23-17(25-16)27-11-13-5-7-14(8-6-13)26-18(19,20)21/h2-9H,10-11H2,1H3. The summed E-state index contributed by atoms with van der Waals surface area (Å²) in [6.07, 6.45) is -4.70. The quantitative estimate of drug-likeness (QED) is 0.515. The molecule has 3 rings (SSSR count). The van der Waals surface area contributed by atoms with Gasteiger partial charge in [0.25, 0.3) is 11.1 Å². The van der Waals surface area contributed by atoms with Crippen LogP contribution >= 0.6 is 11.8 Å². The molecule has 142 valence electrons. The van der Waals surface area contributed by atoms with E-state index in [1.165, 1.54) is 23.9 Å². The van der Waals surface area contributed by atoms with E-state index in [4.69, 9.17) is 9.15 Å². The monoisotopic (exact) mass is 396 g/mol. The molecule has 5 nitrogen and oxygen atoms in total. The van der Waals surface area contributed by atoms with Crippen LogP contribution in [0, 0.1) is 6.92 Å². The van der Waals surface area contributed by atoms with Crippen molar-refractivity contribution in [2.75, 3.05) is 0 Å². The SMILES string of the molecule is Cc1cccc(OCc2nnc(SCc3ccc(OC(F)(F)F)cc3)o2)c1. The Labute approximate surface area is 157 Å². The summed E-state index contributed by atoms with van der Waals surface area (Å²) in [5, 5.41) is 8.19. The summed E-state index contributed by atoms with van der Waals surface area (Å²) in [5.74, 6) is 1.26. The molecule has 0 unspecified atom stereocenters. The first kappa shape index (κ1) is 19.1. The van der Waals surface area contributed by atoms with E-state index in [0.29, 0.717) is 22.6 Å². The van der Waals surface area contributed by atoms with Gasteiger partial charge in [0.05, 0.1) is 0 Å². The van der Waals surface area contributed by atoms with Crippen molar-refractivity contribution < 1.29 is 27.1 Å². The molecular weight excluding hydrogens is 381 g/mol. The Morgan fingerprint density at radius 3 is 2.52 bits per heavy atom. The van der Waals surface area contributed by atoms with Gasteiger partial charge in [-0.05, 0) is 42.3 Å². The number of alkyl halides is 3. The van der Waals surface area contributed by atoms with Crippen LogP contribution in [0.25, 0.3) is 0 Å². The van der Waals surface area contributed by atoms with Crippen LogP contribution in [0.2, 0.25) is 0 Å². The lowest BCUT2D eigenvalue weighted by Gasteiger charge is -2.08. The maximum atomic E-state index is 12.1. The minimum atomic E-state index is -4.70. The van der Waals surface area contributed by atoms with Crippen molar-refractivity contribution in [1.82, 2.24) is 10.2 Å². The highest BCUT2D eigenvalue weighted by molar-refractivity contribution is 7.98. The first-order valence-electron chi connectivity index (χ1n) is 7.87. The normalized spacial score (nSPS) is 11.4. The molecule has 0 bridgehead atoms. The Bertz CT molecular complexity index is 882. The first-order chi connectivity index (χ1) is 12.9. The fourth-order valence-electron chi connectivity index (χ4n) is 2.14. The summed E-state index contributed by atoms with van der Waals surface area (Å²) in [7, 11) is 0. The molecule has 0 saturated heterocycles. The molecule has 0 aliphatic rings. The highest BCUT2D eigenvalue weighted by Crippen LogP contribution is 2.26. The summed E-state index contributed by atoms with van der Waals surface area (Å²) < 4.78 is 51.3. The van der Waals surface area contributed by atoms with Gasteiger partial charge in [0.15, 0.2) is 6.61 Å². The smallest absolute Gasteiger partial charge is 0.484 e. The topological polar surface area (TPSA) is 57.4 Å². The highest BCUT2D eigenvalue weighted by Gasteiger charge is 2.30. The Kier molecular flexibility index (Phi) is 5.90. The average molecular weight is 396 g/mol. The summed E-state index contributed by atoms with van der Waals surface area (Å²) in [6, 6.07) is 13.2. The zero-order valence-electron chi connectivity index (χ0n) is 14.2. The van der Waals surface area contributed by atoms with Crippen LogP contribution in [0.15, 0.2) is 58.2 Å². The number of rotatable bonds is 7. The summed E-state index contributed by atoms with van der Waals surface area (Å²) in [4.78, 5) is 0. The molecule has 27 heavy (non-hydrogen) atoms. The lowest BCUT2D eigenvalue weighted by Crippen LogP contribution is -2.16. The number of hydrogen-bond acceptors (Lipinski definition) is 6. The molecule has 0 aliphatic heterocycles. The second kappa shape index (κ2) is 8.34. The maximum absolute atomic E-state index is 12.1. The van der Waals surface area contributed by atoms with Crippen LogP contribution in [0.5, 0.6) is 11.5 Å². The Morgan fingerprint density at radius 2 is 1.81 bits per heavy atom. The number of benzene rings is 2. The highest BCUT2D eigenvalue weighted by atomic mass is 32.2. The van der Waals surface area contributed by atoms with Gasteiger partial charge in [0.2, 0.25) is 0 Å². The zero-order valence-corrected chi connectivity index (χ0v) is 15.0. The molecule has 0 N–H and O–H groups in total. The van der Waals surface area contributed by atoms with Crippen LogP contribution < -0.4 is 9.47 Å². The Morgan fingerprint density at radius 1 is 1.04 bits per heavy atom. The van der Waals surface area contributed by atoms with Gasteiger partial charge in [0.1, 0.15) is 11.5 Å². The van der Waals surface area contributed by atoms with Gasteiger partial charge in [-0.25, -0.2) is 0 Å². The van der Waals surface area contributed by atoms with Gasteiger partial charge in [-0.15, -0.1) is 23.4 Å². The van der Waals surface area contributed by atoms with Crippen molar-refractivity contribution in [3.8, 4) is 11.5 Å². The van der Waals surface area contributed by atoms with Crippen LogP contribution in [0.3, 0.4) is 0 Å². The van der Waals surface area contributed by atoms with E-state index in [-0.39, 0.29) is 12.4 Å². The molecule has 0 radical (unpaired) electrons. The number of hydrogen-bond donors (Lipinski definition) is 0. The number of nitrogens with zero attached hydrogens (tertiary/aromatic N) is 2. The minimum absolute atomic E-state index is 0.153. The number of ether oxygens (including phenoxy) is 2. The first-order valence-corrected chi connectivity index (χ1v) is 8.85. The van der Waals surface area contributed by atoms with E-state index in [0.717, 1.165) is 11.1 Å². The zero-order chi connectivity index (χ0) is 19.3. The maximum Gasteiger partial charge on any atom is 0.573 e. The van der Waals surface area contributed by atoms with Crippen LogP contribution in [0.1, 0.15) is 17.0 Å². The third-order valence-corrected chi connectivity index (χ3v) is 4.21. The Hall–Kier alpha value is -2.68. The van der Waals surface area contributed by atoms with Gasteiger partial charge in [-0.3, -0.25) is 0 Å². The lowest BCUT2D eigenvalue weighted by molar-refractivity contribution is -0.274. The predicted molar refractivity (Wildman–Crippen MR) is 92.5 cm³/mol. The number of thioether (sulfide) groups is 1. The van der Waals surface area contributed by atoms with Gasteiger partial charge in [-0.1, -0.05) is 36.0 Å². The third-order valence-electron chi connectivity index (χ3n) is 3.32. The van der Waals surface area contributed by atoms with E-state index in [1.54, 1.807) is 12.1 Å². The van der Waals surface area contributed by atoms with Crippen molar-refractivity contribution in [3.63, 3.8) is 0 Å². The average Bonchev–Trinajstić information content (AvgIpc) is 3.06. The van der Waals surface area contributed by atoms with Gasteiger partial charge in [-0.2, -0.15) is 0 Å². The lowest BCUT2D eigenvalue weighted by atomic mass is 10.2. The molecule has 0 aliphatic carbocycles. The van der Waals surface area contributed by atoms with Crippen LogP contribution in [-0.2, 0) is 12.4 Å². The minimum Gasteiger partial charge on any atom is -0.484 e. The van der Waals surface area contributed by atoms with Crippen molar-refractivity contribution in [2.45, 2.75) is 30.9 Å². The van der Waals surface area contributed by atoms with Crippen molar-refractivity contribution >= 4 is 11.8 Å². The van der Waals surface area contributed by atoms with Gasteiger partial charge >= 0.3 is 6.36 Å². The molecule has 1 aromatic heterocycles. The summed E-state index contributed by atoms with van der Waals surface area (Å²) in [5.41, 5.74) is 1.88. The molecule has 0 fully saturated rings.